The molecule has 0 aliphatic carbocycles. The van der Waals surface area contributed by atoms with Crippen molar-refractivity contribution in [2.24, 2.45) is 0 Å². The number of H-pyrrole nitrogens is 1. The smallest absolute Gasteiger partial charge is 0.292 e. The van der Waals surface area contributed by atoms with Gasteiger partial charge in [-0.25, -0.2) is 4.98 Å². The third-order valence-electron chi connectivity index (χ3n) is 1.42. The van der Waals surface area contributed by atoms with Gasteiger partial charge in [-0.1, -0.05) is 12.1 Å². The molecule has 0 fully saturated rings. The monoisotopic (exact) mass is 178 g/mol. The average molecular weight is 178 g/mol. The van der Waals surface area contributed by atoms with Crippen LogP contribution in [0.1, 0.15) is 0 Å². The van der Waals surface area contributed by atoms with Gasteiger partial charge in [-0.05, 0) is 12.1 Å². The highest BCUT2D eigenvalue weighted by atomic mass is 16.5. The lowest BCUT2D eigenvalue weighted by molar-refractivity contribution is -0.126. The summed E-state index contributed by atoms with van der Waals surface area (Å²) >= 11 is 0. The van der Waals surface area contributed by atoms with E-state index in [1.165, 1.54) is 7.11 Å². The van der Waals surface area contributed by atoms with Gasteiger partial charge in [0.25, 0.3) is 6.47 Å². The molecule has 4 nitrogen and oxygen atoms in total. The van der Waals surface area contributed by atoms with Crippen molar-refractivity contribution >= 4 is 17.5 Å². The van der Waals surface area contributed by atoms with Crippen LogP contribution in [0.25, 0.3) is 11.0 Å². The number of carbonyl (C=O) groups is 1. The SMILES string of the molecule is COC=O.c1ccc2[nH]cnc2c1. The third-order valence-corrected chi connectivity index (χ3v) is 1.42. The molecule has 1 N–H and O–H groups in total. The molecule has 1 aromatic carbocycles. The van der Waals surface area contributed by atoms with Crippen LogP contribution < -0.4 is 0 Å². The zero-order valence-electron chi connectivity index (χ0n) is 7.23. The quantitative estimate of drug-likeness (QED) is 0.670. The zero-order valence-corrected chi connectivity index (χ0v) is 7.23. The van der Waals surface area contributed by atoms with Gasteiger partial charge < -0.3 is 9.72 Å². The maximum atomic E-state index is 8.95. The van der Waals surface area contributed by atoms with Crippen LogP contribution in [-0.2, 0) is 9.53 Å². The Morgan fingerprint density at radius 3 is 2.77 bits per heavy atom. The predicted octanol–water partition coefficient (Wildman–Crippen LogP) is 1.35. The van der Waals surface area contributed by atoms with E-state index in [4.69, 9.17) is 4.79 Å². The molecule has 0 unspecified atom stereocenters. The lowest BCUT2D eigenvalue weighted by Gasteiger charge is -1.81. The molecule has 13 heavy (non-hydrogen) atoms. The van der Waals surface area contributed by atoms with Gasteiger partial charge in [0.2, 0.25) is 0 Å². The molecule has 0 saturated carbocycles. The van der Waals surface area contributed by atoms with Gasteiger partial charge in [0.05, 0.1) is 24.5 Å². The largest absolute Gasteiger partial charge is 0.471 e. The summed E-state index contributed by atoms with van der Waals surface area (Å²) in [5, 5.41) is 0. The Kier molecular flexibility index (Phi) is 3.50. The van der Waals surface area contributed by atoms with E-state index in [2.05, 4.69) is 14.7 Å². The van der Waals surface area contributed by atoms with Crippen LogP contribution in [0.5, 0.6) is 0 Å². The van der Waals surface area contributed by atoms with E-state index in [1.54, 1.807) is 6.33 Å². The Morgan fingerprint density at radius 2 is 2.15 bits per heavy atom. The minimum absolute atomic E-state index is 0.375. The van der Waals surface area contributed by atoms with Crippen molar-refractivity contribution in [3.63, 3.8) is 0 Å². The van der Waals surface area contributed by atoms with Crippen LogP contribution in [0.4, 0.5) is 0 Å². The number of fused-ring (bicyclic) bond motifs is 1. The average Bonchev–Trinajstić information content (AvgIpc) is 2.66. The first-order valence-corrected chi connectivity index (χ1v) is 3.73. The Hall–Kier alpha value is -1.84. The number of nitrogens with zero attached hydrogens (tertiary/aromatic N) is 1. The van der Waals surface area contributed by atoms with E-state index in [9.17, 15) is 0 Å². The van der Waals surface area contributed by atoms with Crippen LogP contribution in [-0.4, -0.2) is 23.5 Å². The van der Waals surface area contributed by atoms with Crippen LogP contribution >= 0.6 is 0 Å². The van der Waals surface area contributed by atoms with Gasteiger partial charge in [0, 0.05) is 0 Å². The van der Waals surface area contributed by atoms with E-state index in [1.807, 2.05) is 24.3 Å². The van der Waals surface area contributed by atoms with Gasteiger partial charge in [-0.3, -0.25) is 4.79 Å². The van der Waals surface area contributed by atoms with E-state index in [-0.39, 0.29) is 0 Å². The highest BCUT2D eigenvalue weighted by Crippen LogP contribution is 2.05. The molecule has 0 amide bonds. The molecule has 0 spiro atoms. The molecule has 2 rings (SSSR count). The number of methoxy groups -OCH3 is 1. The molecule has 68 valence electrons. The Morgan fingerprint density at radius 1 is 1.46 bits per heavy atom. The van der Waals surface area contributed by atoms with Crippen LogP contribution in [0.3, 0.4) is 0 Å². The molecule has 4 heteroatoms. The number of aromatic nitrogens is 2. The first-order chi connectivity index (χ1) is 6.38. The summed E-state index contributed by atoms with van der Waals surface area (Å²) in [7, 11) is 1.31. The lowest BCUT2D eigenvalue weighted by Crippen LogP contribution is -1.68. The van der Waals surface area contributed by atoms with Crippen molar-refractivity contribution in [1.29, 1.82) is 0 Å². The number of carbonyl (C=O) groups excluding carboxylic acids is 1. The predicted molar refractivity (Wildman–Crippen MR) is 49.2 cm³/mol. The summed E-state index contributed by atoms with van der Waals surface area (Å²) < 4.78 is 3.86. The van der Waals surface area contributed by atoms with E-state index in [0.717, 1.165) is 11.0 Å². The maximum Gasteiger partial charge on any atom is 0.292 e. The Bertz CT molecular complexity index is 340. The Labute approximate surface area is 75.6 Å². The lowest BCUT2D eigenvalue weighted by atomic mass is 10.3. The van der Waals surface area contributed by atoms with E-state index < -0.39 is 0 Å². The van der Waals surface area contributed by atoms with Crippen LogP contribution in [0.15, 0.2) is 30.6 Å². The van der Waals surface area contributed by atoms with Crippen molar-refractivity contribution in [3.05, 3.63) is 30.6 Å². The molecule has 2 aromatic rings. The molecular formula is C9H10N2O2. The van der Waals surface area contributed by atoms with Crippen LogP contribution in [0.2, 0.25) is 0 Å². The second-order valence-corrected chi connectivity index (χ2v) is 2.25. The molecule has 0 aliphatic heterocycles. The number of hydrogen-bond acceptors (Lipinski definition) is 3. The second-order valence-electron chi connectivity index (χ2n) is 2.25. The fraction of sp³-hybridized carbons (Fsp3) is 0.111. The van der Waals surface area contributed by atoms with Crippen LogP contribution in [0, 0.1) is 0 Å². The maximum absolute atomic E-state index is 8.95. The number of para-hydroxylation sites is 2. The van der Waals surface area contributed by atoms with Gasteiger partial charge in [0.1, 0.15) is 0 Å². The molecule has 0 aliphatic rings. The molecule has 0 saturated heterocycles. The number of imidazole rings is 1. The fourth-order valence-electron chi connectivity index (χ4n) is 0.880. The Balaban J connectivity index is 0.000000184. The number of nitrogens with one attached hydrogen (secondary N) is 1. The zero-order chi connectivity index (χ0) is 9.52. The van der Waals surface area contributed by atoms with Gasteiger partial charge in [-0.2, -0.15) is 0 Å². The normalized spacial score (nSPS) is 8.69. The number of benzene rings is 1. The number of ether oxygens (including phenoxy) is 1. The summed E-state index contributed by atoms with van der Waals surface area (Å²) in [6.45, 7) is 0.375. The van der Waals surface area contributed by atoms with E-state index >= 15 is 0 Å². The molecule has 1 heterocycles. The van der Waals surface area contributed by atoms with Gasteiger partial charge >= 0.3 is 0 Å². The molecule has 0 atom stereocenters. The summed E-state index contributed by atoms with van der Waals surface area (Å²) in [6.07, 6.45) is 1.70. The van der Waals surface area contributed by atoms with Gasteiger partial charge in [0.15, 0.2) is 0 Å². The first kappa shape index (κ1) is 9.25. The highest BCUT2D eigenvalue weighted by Gasteiger charge is 1.88. The summed E-state index contributed by atoms with van der Waals surface area (Å²) in [4.78, 5) is 16.0. The summed E-state index contributed by atoms with van der Waals surface area (Å²) in [6, 6.07) is 7.94. The molecule has 0 radical (unpaired) electrons. The van der Waals surface area contributed by atoms with E-state index in [0.29, 0.717) is 6.47 Å². The topological polar surface area (TPSA) is 55.0 Å². The molecule has 0 bridgehead atoms. The van der Waals surface area contributed by atoms with Crippen molar-refractivity contribution in [3.8, 4) is 0 Å². The number of aromatic amines is 1. The summed E-state index contributed by atoms with van der Waals surface area (Å²) in [5.41, 5.74) is 2.12. The summed E-state index contributed by atoms with van der Waals surface area (Å²) in [5.74, 6) is 0. The number of hydrogen-bond donors (Lipinski definition) is 1. The standard InChI is InChI=1S/C7H6N2.C2H4O2/c1-2-4-7-6(3-1)8-5-9-7;1-4-2-3/h1-5H,(H,8,9);2H,1H3. The third kappa shape index (κ3) is 2.59. The highest BCUT2D eigenvalue weighted by molar-refractivity contribution is 5.73. The van der Waals surface area contributed by atoms with Crippen molar-refractivity contribution in [2.75, 3.05) is 7.11 Å². The number of rotatable bonds is 1. The van der Waals surface area contributed by atoms with Crippen molar-refractivity contribution in [1.82, 2.24) is 9.97 Å². The van der Waals surface area contributed by atoms with Crippen molar-refractivity contribution in [2.45, 2.75) is 0 Å². The molecular weight excluding hydrogens is 168 g/mol. The molecule has 1 aromatic heterocycles. The second kappa shape index (κ2) is 4.92. The first-order valence-electron chi connectivity index (χ1n) is 3.73. The van der Waals surface area contributed by atoms with Gasteiger partial charge in [-0.15, -0.1) is 0 Å². The fourth-order valence-corrected chi connectivity index (χ4v) is 0.880. The minimum atomic E-state index is 0.375. The van der Waals surface area contributed by atoms with Crippen molar-refractivity contribution < 1.29 is 9.53 Å². The minimum Gasteiger partial charge on any atom is -0.471 e.